The number of pyridine rings is 1. The van der Waals surface area contributed by atoms with Crippen LogP contribution in [-0.2, 0) is 11.2 Å². The van der Waals surface area contributed by atoms with Crippen LogP contribution in [0.3, 0.4) is 0 Å². The van der Waals surface area contributed by atoms with Gasteiger partial charge in [0.2, 0.25) is 11.9 Å². The van der Waals surface area contributed by atoms with E-state index in [1.54, 1.807) is 12.1 Å². The van der Waals surface area contributed by atoms with E-state index in [0.717, 1.165) is 52.7 Å². The summed E-state index contributed by atoms with van der Waals surface area (Å²) in [6.07, 6.45) is 1.90. The normalized spacial score (nSPS) is 15.6. The molecule has 0 unspecified atom stereocenters. The molecule has 3 heterocycles. The first-order valence-corrected chi connectivity index (χ1v) is 11.2. The molecule has 1 amide bonds. The lowest BCUT2D eigenvalue weighted by molar-refractivity contribution is -0.130. The summed E-state index contributed by atoms with van der Waals surface area (Å²) in [7, 11) is 0. The van der Waals surface area contributed by atoms with E-state index in [9.17, 15) is 9.18 Å². The number of nitrogens with zero attached hydrogens (tertiary/aromatic N) is 4. The van der Waals surface area contributed by atoms with Crippen molar-refractivity contribution >= 4 is 23.2 Å². The van der Waals surface area contributed by atoms with Crippen molar-refractivity contribution in [1.29, 1.82) is 0 Å². The van der Waals surface area contributed by atoms with Crippen LogP contribution in [0.15, 0.2) is 36.4 Å². The topological polar surface area (TPSA) is 97.0 Å². The molecule has 0 radical (unpaired) electrons. The fraction of sp³-hybridized carbons (Fsp3) is 0.360. The van der Waals surface area contributed by atoms with E-state index < -0.39 is 0 Å². The minimum absolute atomic E-state index is 0.130. The molecule has 3 aromatic rings. The monoisotopic (exact) mass is 448 g/mol. The number of halogens is 1. The Morgan fingerprint density at radius 2 is 1.79 bits per heavy atom. The van der Waals surface area contributed by atoms with Crippen molar-refractivity contribution in [1.82, 2.24) is 19.9 Å². The molecule has 0 aliphatic carbocycles. The second-order valence-electron chi connectivity index (χ2n) is 8.61. The lowest BCUT2D eigenvalue weighted by atomic mass is 10.0. The number of hydrogen-bond donors (Lipinski definition) is 2. The molecule has 1 atom stereocenters. The molecule has 0 bridgehead atoms. The van der Waals surface area contributed by atoms with Gasteiger partial charge in [-0.25, -0.2) is 14.4 Å². The Balaban J connectivity index is 1.39. The molecule has 1 aliphatic rings. The number of rotatable bonds is 6. The van der Waals surface area contributed by atoms with Crippen molar-refractivity contribution in [2.75, 3.05) is 24.1 Å². The Labute approximate surface area is 193 Å². The van der Waals surface area contributed by atoms with E-state index in [1.807, 2.05) is 37.8 Å². The second-order valence-corrected chi connectivity index (χ2v) is 8.61. The maximum atomic E-state index is 13.2. The van der Waals surface area contributed by atoms with Gasteiger partial charge in [-0.3, -0.25) is 9.78 Å². The zero-order valence-electron chi connectivity index (χ0n) is 19.2. The molecular weight excluding hydrogens is 419 g/mol. The van der Waals surface area contributed by atoms with E-state index in [1.165, 1.54) is 12.1 Å². The van der Waals surface area contributed by atoms with Gasteiger partial charge in [0.05, 0.1) is 0 Å². The minimum atomic E-state index is -0.267. The molecule has 0 saturated carbocycles. The molecule has 1 aromatic carbocycles. The largest absolute Gasteiger partial charge is 0.368 e. The lowest BCUT2D eigenvalue weighted by Crippen LogP contribution is -2.29. The van der Waals surface area contributed by atoms with Crippen LogP contribution in [0, 0.1) is 26.6 Å². The standard InChI is InChI=1S/C25H29FN6O/c1-15-12-21(31-20-6-4-19(26)5-7-20)13-23(28-15)18-10-11-32(14-18)24(33)9-8-22-16(2)29-25(27)30-17(22)3/h4-7,12-13,18H,8-11,14H2,1-3H3,(H,28,31)(H2,27,29,30)/t18-/m0/s1. The molecule has 0 spiro atoms. The number of amides is 1. The highest BCUT2D eigenvalue weighted by Gasteiger charge is 2.28. The van der Waals surface area contributed by atoms with E-state index >= 15 is 0 Å². The summed E-state index contributed by atoms with van der Waals surface area (Å²) >= 11 is 0. The van der Waals surface area contributed by atoms with E-state index in [4.69, 9.17) is 10.7 Å². The van der Waals surface area contributed by atoms with Crippen molar-refractivity contribution in [2.45, 2.75) is 46.0 Å². The number of hydrogen-bond acceptors (Lipinski definition) is 6. The first-order valence-electron chi connectivity index (χ1n) is 11.2. The van der Waals surface area contributed by atoms with Gasteiger partial charge in [-0.15, -0.1) is 0 Å². The summed E-state index contributed by atoms with van der Waals surface area (Å²) in [5.41, 5.74) is 11.9. The number of likely N-dealkylation sites (tertiary alicyclic amines) is 1. The Hall–Kier alpha value is -3.55. The van der Waals surface area contributed by atoms with Gasteiger partial charge in [-0.2, -0.15) is 0 Å². The minimum Gasteiger partial charge on any atom is -0.368 e. The highest BCUT2D eigenvalue weighted by Crippen LogP contribution is 2.29. The molecule has 8 heteroatoms. The number of nitrogens with one attached hydrogen (secondary N) is 1. The predicted molar refractivity (Wildman–Crippen MR) is 127 cm³/mol. The van der Waals surface area contributed by atoms with Crippen LogP contribution in [0.2, 0.25) is 0 Å². The molecule has 1 saturated heterocycles. The molecule has 1 fully saturated rings. The highest BCUT2D eigenvalue weighted by atomic mass is 19.1. The van der Waals surface area contributed by atoms with Gasteiger partial charge in [0.15, 0.2) is 0 Å². The van der Waals surface area contributed by atoms with Crippen LogP contribution in [0.25, 0.3) is 0 Å². The number of aryl methyl sites for hydroxylation is 3. The van der Waals surface area contributed by atoms with E-state index in [-0.39, 0.29) is 23.6 Å². The van der Waals surface area contributed by atoms with Gasteiger partial charge in [0, 0.05) is 59.6 Å². The summed E-state index contributed by atoms with van der Waals surface area (Å²) in [5.74, 6) is 0.315. The molecule has 1 aliphatic heterocycles. The molecule has 33 heavy (non-hydrogen) atoms. The molecular formula is C25H29FN6O. The smallest absolute Gasteiger partial charge is 0.222 e. The van der Waals surface area contributed by atoms with Gasteiger partial charge in [-0.05, 0) is 75.6 Å². The van der Waals surface area contributed by atoms with Gasteiger partial charge in [-0.1, -0.05) is 0 Å². The van der Waals surface area contributed by atoms with Crippen LogP contribution in [0.5, 0.6) is 0 Å². The van der Waals surface area contributed by atoms with E-state index in [0.29, 0.717) is 19.4 Å². The van der Waals surface area contributed by atoms with Crippen LogP contribution < -0.4 is 11.1 Å². The maximum absolute atomic E-state index is 13.2. The number of aromatic nitrogens is 3. The summed E-state index contributed by atoms with van der Waals surface area (Å²) in [4.78, 5) is 28.0. The van der Waals surface area contributed by atoms with Crippen molar-refractivity contribution in [2.24, 2.45) is 0 Å². The molecule has 2 aromatic heterocycles. The Bertz CT molecular complexity index is 1140. The molecule has 4 rings (SSSR count). The summed E-state index contributed by atoms with van der Waals surface area (Å²) in [6.45, 7) is 7.13. The Morgan fingerprint density at radius 1 is 1.09 bits per heavy atom. The van der Waals surface area contributed by atoms with Crippen molar-refractivity contribution in [3.8, 4) is 0 Å². The van der Waals surface area contributed by atoms with Gasteiger partial charge in [0.25, 0.3) is 0 Å². The summed E-state index contributed by atoms with van der Waals surface area (Å²) in [5, 5.41) is 3.31. The van der Waals surface area contributed by atoms with Gasteiger partial charge < -0.3 is 16.0 Å². The third-order valence-electron chi connectivity index (χ3n) is 6.09. The van der Waals surface area contributed by atoms with Crippen LogP contribution in [0.1, 0.15) is 47.1 Å². The number of carbonyl (C=O) groups is 1. The summed E-state index contributed by atoms with van der Waals surface area (Å²) < 4.78 is 13.2. The zero-order valence-corrected chi connectivity index (χ0v) is 19.2. The van der Waals surface area contributed by atoms with Crippen LogP contribution in [0.4, 0.5) is 21.7 Å². The Morgan fingerprint density at radius 3 is 2.48 bits per heavy atom. The number of nitrogens with two attached hydrogens (primary N) is 1. The second kappa shape index (κ2) is 9.52. The number of anilines is 3. The average molecular weight is 449 g/mol. The lowest BCUT2D eigenvalue weighted by Gasteiger charge is -2.18. The number of benzene rings is 1. The fourth-order valence-corrected chi connectivity index (χ4v) is 4.42. The highest BCUT2D eigenvalue weighted by molar-refractivity contribution is 5.77. The third-order valence-corrected chi connectivity index (χ3v) is 6.09. The van der Waals surface area contributed by atoms with Crippen molar-refractivity contribution in [3.63, 3.8) is 0 Å². The van der Waals surface area contributed by atoms with E-state index in [2.05, 4.69) is 15.3 Å². The van der Waals surface area contributed by atoms with Crippen LogP contribution in [-0.4, -0.2) is 38.8 Å². The zero-order chi connectivity index (χ0) is 23.5. The number of carbonyl (C=O) groups excluding carboxylic acids is 1. The molecule has 7 nitrogen and oxygen atoms in total. The number of nitrogen functional groups attached to an aromatic ring is 1. The SMILES string of the molecule is Cc1cc(Nc2ccc(F)cc2)cc([C@H]2CCN(C(=O)CCc3c(C)nc(N)nc3C)C2)n1. The Kier molecular flexibility index (Phi) is 6.53. The first kappa shape index (κ1) is 22.6. The predicted octanol–water partition coefficient (Wildman–Crippen LogP) is 4.21. The van der Waals surface area contributed by atoms with Gasteiger partial charge >= 0.3 is 0 Å². The van der Waals surface area contributed by atoms with Gasteiger partial charge in [0.1, 0.15) is 5.82 Å². The van der Waals surface area contributed by atoms with Crippen molar-refractivity contribution in [3.05, 3.63) is 70.6 Å². The van der Waals surface area contributed by atoms with Crippen LogP contribution >= 0.6 is 0 Å². The van der Waals surface area contributed by atoms with Crippen molar-refractivity contribution < 1.29 is 9.18 Å². The first-order chi connectivity index (χ1) is 15.8. The maximum Gasteiger partial charge on any atom is 0.222 e. The quantitative estimate of drug-likeness (QED) is 0.586. The fourth-order valence-electron chi connectivity index (χ4n) is 4.42. The average Bonchev–Trinajstić information content (AvgIpc) is 3.25. The molecule has 3 N–H and O–H groups in total. The molecule has 172 valence electrons. The summed E-state index contributed by atoms with van der Waals surface area (Å²) in [6, 6.07) is 10.2. The third kappa shape index (κ3) is 5.45.